The van der Waals surface area contributed by atoms with E-state index in [0.717, 1.165) is 0 Å². The molecule has 0 aliphatic heterocycles. The Bertz CT molecular complexity index is 152. The Labute approximate surface area is 65.8 Å². The summed E-state index contributed by atoms with van der Waals surface area (Å²) in [7, 11) is -11.4. The van der Waals surface area contributed by atoms with E-state index in [2.05, 4.69) is 4.31 Å². The van der Waals surface area contributed by atoms with Crippen LogP contribution < -0.4 is 19.6 Å². The van der Waals surface area contributed by atoms with Gasteiger partial charge in [0.05, 0.1) is 15.6 Å². The fraction of sp³-hybridized carbons (Fsp3) is 0. The van der Waals surface area contributed by atoms with Crippen LogP contribution in [0, 0.1) is 0 Å². The first kappa shape index (κ1) is 13.4. The Balaban J connectivity index is 0. The quantitative estimate of drug-likeness (QED) is 0.358. The molecule has 10 heavy (non-hydrogen) atoms. The van der Waals surface area contributed by atoms with Crippen molar-refractivity contribution in [2.45, 2.75) is 0 Å². The molecule has 0 rings (SSSR count). The fourth-order valence-corrected chi connectivity index (χ4v) is 1.10. The normalized spacial score (nSPS) is 12.4. The summed E-state index contributed by atoms with van der Waals surface area (Å²) >= 11 is 0. The van der Waals surface area contributed by atoms with Crippen LogP contribution >= 0.6 is 15.6 Å². The van der Waals surface area contributed by atoms with Crippen molar-refractivity contribution in [2.24, 2.45) is 0 Å². The maximum atomic E-state index is 9.32. The van der Waals surface area contributed by atoms with Gasteiger partial charge in [-0.3, -0.25) is 0 Å². The third kappa shape index (κ3) is 11.5. The van der Waals surface area contributed by atoms with Gasteiger partial charge in [0.1, 0.15) is 0 Å². The molecule has 0 aromatic heterocycles. The first-order valence-corrected chi connectivity index (χ1v) is 4.38. The van der Waals surface area contributed by atoms with Crippen molar-refractivity contribution in [3.05, 3.63) is 0 Å². The minimum absolute atomic E-state index is 0. The van der Waals surface area contributed by atoms with Crippen LogP contribution in [0.1, 0.15) is 0 Å². The fourth-order valence-electron chi connectivity index (χ4n) is 0.122. The predicted molar refractivity (Wildman–Crippen MR) is 16.3 cm³/mol. The third-order valence-electron chi connectivity index (χ3n) is 0.200. The molecule has 0 aliphatic rings. The molecule has 0 unspecified atom stereocenters. The minimum Gasteiger partial charge on any atom is -0.790 e. The second-order valence-corrected chi connectivity index (χ2v) is 3.42. The Morgan fingerprint density at radius 2 is 1.10 bits per heavy atom. The standard InChI is InChI=1S/Ni.H4O7P2/c;1-8(2,3)7-9(4,5)6/h;(H2,1,2,3)(H2,4,5,6)/q+2;/p-4. The van der Waals surface area contributed by atoms with Crippen LogP contribution in [0.3, 0.4) is 0 Å². The first-order valence-electron chi connectivity index (χ1n) is 1.46. The van der Waals surface area contributed by atoms with E-state index in [9.17, 15) is 28.7 Å². The third-order valence-corrected chi connectivity index (χ3v) is 1.80. The maximum absolute atomic E-state index is 9.32. The van der Waals surface area contributed by atoms with E-state index in [-0.39, 0.29) is 16.5 Å². The molecule has 0 fully saturated rings. The molecule has 0 saturated heterocycles. The second-order valence-electron chi connectivity index (χ2n) is 0.976. The average molecular weight is 233 g/mol. The molecule has 10 heteroatoms. The van der Waals surface area contributed by atoms with Crippen LogP contribution in [-0.2, 0) is 29.9 Å². The molecule has 0 aliphatic carbocycles. The van der Waals surface area contributed by atoms with Crippen molar-refractivity contribution >= 4 is 15.6 Å². The van der Waals surface area contributed by atoms with Crippen LogP contribution in [0.25, 0.3) is 0 Å². The van der Waals surface area contributed by atoms with Gasteiger partial charge in [-0.05, 0) is 0 Å². The zero-order chi connectivity index (χ0) is 7.71. The van der Waals surface area contributed by atoms with E-state index in [0.29, 0.717) is 0 Å². The molecule has 0 aromatic carbocycles. The van der Waals surface area contributed by atoms with E-state index >= 15 is 0 Å². The van der Waals surface area contributed by atoms with Crippen LogP contribution in [0.15, 0.2) is 0 Å². The Morgan fingerprint density at radius 3 is 1.10 bits per heavy atom. The van der Waals surface area contributed by atoms with E-state index in [4.69, 9.17) is 0 Å². The number of phosphoric acid groups is 2. The zero-order valence-electron chi connectivity index (χ0n) is 4.07. The van der Waals surface area contributed by atoms with Gasteiger partial charge < -0.3 is 33.0 Å². The average Bonchev–Trinajstić information content (AvgIpc) is 1.14. The summed E-state index contributed by atoms with van der Waals surface area (Å²) in [6.45, 7) is 0. The van der Waals surface area contributed by atoms with E-state index < -0.39 is 15.6 Å². The molecule has 0 radical (unpaired) electrons. The topological polar surface area (TPSA) is 136 Å². The summed E-state index contributed by atoms with van der Waals surface area (Å²) in [4.78, 5) is 37.3. The minimum atomic E-state index is -5.68. The van der Waals surface area contributed by atoms with Crippen LogP contribution in [0.2, 0.25) is 0 Å². The molecule has 0 bridgehead atoms. The van der Waals surface area contributed by atoms with Gasteiger partial charge in [0.25, 0.3) is 0 Å². The van der Waals surface area contributed by atoms with E-state index in [1.165, 1.54) is 0 Å². The SMILES string of the molecule is O=P([O-])([O-])OP(=O)([O-])[O-].[Ni+2]. The predicted octanol–water partition coefficient (Wildman–Crippen LogP) is -3.34. The smallest absolute Gasteiger partial charge is 0.790 e. The van der Waals surface area contributed by atoms with Crippen LogP contribution in [-0.4, -0.2) is 0 Å². The van der Waals surface area contributed by atoms with Crippen molar-refractivity contribution in [2.75, 3.05) is 0 Å². The van der Waals surface area contributed by atoms with E-state index in [1.54, 1.807) is 0 Å². The summed E-state index contributed by atoms with van der Waals surface area (Å²) in [5.74, 6) is 0. The molecular weight excluding hydrogens is 233 g/mol. The van der Waals surface area contributed by atoms with Gasteiger partial charge in [-0.1, -0.05) is 0 Å². The first-order chi connectivity index (χ1) is 3.71. The van der Waals surface area contributed by atoms with Gasteiger partial charge in [0.15, 0.2) is 0 Å². The number of hydrogen-bond donors (Lipinski definition) is 0. The van der Waals surface area contributed by atoms with Crippen molar-refractivity contribution in [1.82, 2.24) is 0 Å². The Kier molecular flexibility index (Phi) is 5.27. The van der Waals surface area contributed by atoms with Gasteiger partial charge in [-0.15, -0.1) is 0 Å². The molecule has 64 valence electrons. The van der Waals surface area contributed by atoms with Crippen LogP contribution in [0.4, 0.5) is 0 Å². The number of hydrogen-bond acceptors (Lipinski definition) is 7. The zero-order valence-corrected chi connectivity index (χ0v) is 6.84. The second kappa shape index (κ2) is 3.95. The maximum Gasteiger partial charge on any atom is 2.00 e. The van der Waals surface area contributed by atoms with Gasteiger partial charge in [0, 0.05) is 0 Å². The molecule has 0 spiro atoms. The van der Waals surface area contributed by atoms with Crippen molar-refractivity contribution < 1.29 is 49.5 Å². The molecule has 0 atom stereocenters. The Morgan fingerprint density at radius 1 is 0.900 bits per heavy atom. The van der Waals surface area contributed by atoms with Crippen molar-refractivity contribution in [1.29, 1.82) is 0 Å². The molecular formula is NiO7P2-2. The summed E-state index contributed by atoms with van der Waals surface area (Å²) in [6, 6.07) is 0. The molecule has 0 amide bonds. The molecule has 0 aromatic rings. The summed E-state index contributed by atoms with van der Waals surface area (Å²) in [5, 5.41) is 0. The molecule has 7 nitrogen and oxygen atoms in total. The van der Waals surface area contributed by atoms with Crippen molar-refractivity contribution in [3.8, 4) is 0 Å². The summed E-state index contributed by atoms with van der Waals surface area (Å²) < 4.78 is 21.2. The van der Waals surface area contributed by atoms with E-state index in [1.807, 2.05) is 0 Å². The largest absolute Gasteiger partial charge is 2.00 e. The van der Waals surface area contributed by atoms with Crippen LogP contribution in [0.5, 0.6) is 0 Å². The summed E-state index contributed by atoms with van der Waals surface area (Å²) in [6.07, 6.45) is 0. The number of rotatable bonds is 2. The van der Waals surface area contributed by atoms with Crippen molar-refractivity contribution in [3.63, 3.8) is 0 Å². The summed E-state index contributed by atoms with van der Waals surface area (Å²) in [5.41, 5.74) is 0. The monoisotopic (exact) mass is 232 g/mol. The molecule has 0 N–H and O–H groups in total. The van der Waals surface area contributed by atoms with Gasteiger partial charge >= 0.3 is 16.5 Å². The molecule has 0 heterocycles. The Hall–Kier alpha value is 0.754. The van der Waals surface area contributed by atoms with Gasteiger partial charge in [-0.25, -0.2) is 0 Å². The molecule has 0 saturated carbocycles. The van der Waals surface area contributed by atoms with Gasteiger partial charge in [0.2, 0.25) is 0 Å². The van der Waals surface area contributed by atoms with Gasteiger partial charge in [-0.2, -0.15) is 0 Å².